The predicted octanol–water partition coefficient (Wildman–Crippen LogP) is 3.06. The van der Waals surface area contributed by atoms with Gasteiger partial charge in [-0.3, -0.25) is 4.79 Å². The lowest BCUT2D eigenvalue weighted by Crippen LogP contribution is -2.46. The Morgan fingerprint density at radius 2 is 1.85 bits per heavy atom. The van der Waals surface area contributed by atoms with Crippen LogP contribution in [0.5, 0.6) is 0 Å². The second kappa shape index (κ2) is 10.7. The van der Waals surface area contributed by atoms with Gasteiger partial charge in [-0.15, -0.1) is 0 Å². The van der Waals surface area contributed by atoms with E-state index in [0.717, 1.165) is 44.5 Å². The molecule has 2 heterocycles. The van der Waals surface area contributed by atoms with E-state index in [1.165, 1.54) is 0 Å². The van der Waals surface area contributed by atoms with Crippen molar-refractivity contribution in [1.29, 1.82) is 0 Å². The van der Waals surface area contributed by atoms with Crippen molar-refractivity contribution < 1.29 is 14.3 Å². The van der Waals surface area contributed by atoms with E-state index in [1.54, 1.807) is 24.1 Å². The number of rotatable bonds is 8. The summed E-state index contributed by atoms with van der Waals surface area (Å²) in [5.74, 6) is -0.159. The summed E-state index contributed by atoms with van der Waals surface area (Å²) in [4.78, 5) is 32.5. The van der Waals surface area contributed by atoms with E-state index >= 15 is 0 Å². The molecule has 7 nitrogen and oxygen atoms in total. The van der Waals surface area contributed by atoms with Gasteiger partial charge in [-0.1, -0.05) is 13.8 Å². The number of amides is 2. The number of hydrogen-bond donors (Lipinski definition) is 1. The molecule has 0 aliphatic carbocycles. The van der Waals surface area contributed by atoms with Crippen molar-refractivity contribution in [2.75, 3.05) is 37.7 Å². The molecule has 0 aromatic carbocycles. The SMILES string of the molecule is CCCN(CCC)c1ccc(C(=O)NC2CCN(C(=O)OCC)CC2)nc1. The molecule has 1 aromatic heterocycles. The quantitative estimate of drug-likeness (QED) is 0.755. The lowest BCUT2D eigenvalue weighted by atomic mass is 10.1. The molecule has 1 aliphatic heterocycles. The Hall–Kier alpha value is -2.31. The van der Waals surface area contributed by atoms with Crippen LogP contribution < -0.4 is 10.2 Å². The molecule has 2 rings (SSSR count). The third kappa shape index (κ3) is 6.12. The van der Waals surface area contributed by atoms with E-state index in [0.29, 0.717) is 25.4 Å². The standard InChI is InChI=1S/C20H32N4O3/c1-4-11-23(12-5-2)17-7-8-18(21-15-17)19(25)22-16-9-13-24(14-10-16)20(26)27-6-3/h7-8,15-16H,4-6,9-14H2,1-3H3,(H,22,25). The van der Waals surface area contributed by atoms with Crippen molar-refractivity contribution in [2.24, 2.45) is 0 Å². The van der Waals surface area contributed by atoms with Gasteiger partial charge in [0, 0.05) is 32.2 Å². The Labute approximate surface area is 162 Å². The normalized spacial score (nSPS) is 14.7. The lowest BCUT2D eigenvalue weighted by Gasteiger charge is -2.31. The third-order valence-corrected chi connectivity index (χ3v) is 4.69. The molecule has 150 valence electrons. The number of carbonyl (C=O) groups is 2. The van der Waals surface area contributed by atoms with Crippen molar-refractivity contribution in [3.8, 4) is 0 Å². The average molecular weight is 377 g/mol. The van der Waals surface area contributed by atoms with Crippen LogP contribution in [0, 0.1) is 0 Å². The zero-order valence-electron chi connectivity index (χ0n) is 16.7. The molecule has 0 unspecified atom stereocenters. The molecule has 0 atom stereocenters. The molecule has 0 bridgehead atoms. The highest BCUT2D eigenvalue weighted by Gasteiger charge is 2.25. The van der Waals surface area contributed by atoms with Gasteiger partial charge < -0.3 is 19.9 Å². The molecule has 2 amide bonds. The number of anilines is 1. The van der Waals surface area contributed by atoms with Gasteiger partial charge in [-0.25, -0.2) is 9.78 Å². The number of ether oxygens (including phenoxy) is 1. The molecule has 1 fully saturated rings. The summed E-state index contributed by atoms with van der Waals surface area (Å²) in [6, 6.07) is 3.81. The summed E-state index contributed by atoms with van der Waals surface area (Å²) in [5.41, 5.74) is 1.48. The van der Waals surface area contributed by atoms with Gasteiger partial charge in [0.15, 0.2) is 0 Å². The summed E-state index contributed by atoms with van der Waals surface area (Å²) >= 11 is 0. The Morgan fingerprint density at radius 1 is 1.19 bits per heavy atom. The predicted molar refractivity (Wildman–Crippen MR) is 106 cm³/mol. The van der Waals surface area contributed by atoms with Gasteiger partial charge >= 0.3 is 6.09 Å². The van der Waals surface area contributed by atoms with Crippen LogP contribution in [0.2, 0.25) is 0 Å². The van der Waals surface area contributed by atoms with Crippen LogP contribution in [0.25, 0.3) is 0 Å². The first-order chi connectivity index (χ1) is 13.1. The minimum Gasteiger partial charge on any atom is -0.450 e. The molecule has 1 N–H and O–H groups in total. The van der Waals surface area contributed by atoms with Crippen LogP contribution >= 0.6 is 0 Å². The molecule has 7 heteroatoms. The Balaban J connectivity index is 1.87. The zero-order valence-corrected chi connectivity index (χ0v) is 16.7. The fraction of sp³-hybridized carbons (Fsp3) is 0.650. The molecule has 0 saturated carbocycles. The van der Waals surface area contributed by atoms with E-state index < -0.39 is 0 Å². The lowest BCUT2D eigenvalue weighted by molar-refractivity contribution is 0.0856. The largest absolute Gasteiger partial charge is 0.450 e. The molecule has 27 heavy (non-hydrogen) atoms. The summed E-state index contributed by atoms with van der Waals surface area (Å²) < 4.78 is 5.02. The van der Waals surface area contributed by atoms with E-state index in [2.05, 4.69) is 29.0 Å². The molecule has 1 aromatic rings. The van der Waals surface area contributed by atoms with Gasteiger partial charge in [-0.05, 0) is 44.7 Å². The Bertz CT molecular complexity index is 592. The van der Waals surface area contributed by atoms with Gasteiger partial charge in [0.1, 0.15) is 5.69 Å². The summed E-state index contributed by atoms with van der Waals surface area (Å²) in [5, 5.41) is 3.03. The van der Waals surface area contributed by atoms with E-state index in [4.69, 9.17) is 4.74 Å². The zero-order chi connectivity index (χ0) is 19.6. The van der Waals surface area contributed by atoms with Gasteiger partial charge in [-0.2, -0.15) is 0 Å². The van der Waals surface area contributed by atoms with Crippen molar-refractivity contribution in [3.05, 3.63) is 24.0 Å². The number of nitrogens with one attached hydrogen (secondary N) is 1. The molecule has 0 spiro atoms. The minimum atomic E-state index is -0.275. The number of nitrogens with zero attached hydrogens (tertiary/aromatic N) is 3. The number of piperidine rings is 1. The molecule has 0 radical (unpaired) electrons. The fourth-order valence-corrected chi connectivity index (χ4v) is 3.30. The maximum atomic E-state index is 12.5. The minimum absolute atomic E-state index is 0.0568. The van der Waals surface area contributed by atoms with Crippen molar-refractivity contribution in [1.82, 2.24) is 15.2 Å². The van der Waals surface area contributed by atoms with Gasteiger partial charge in [0.2, 0.25) is 0 Å². The summed E-state index contributed by atoms with van der Waals surface area (Å²) in [6.07, 6.45) is 5.11. The maximum Gasteiger partial charge on any atom is 0.409 e. The summed E-state index contributed by atoms with van der Waals surface area (Å²) in [6.45, 7) is 9.66. The topological polar surface area (TPSA) is 74.8 Å². The number of likely N-dealkylation sites (tertiary alicyclic amines) is 1. The first-order valence-electron chi connectivity index (χ1n) is 10.0. The van der Waals surface area contributed by atoms with Gasteiger partial charge in [0.05, 0.1) is 18.5 Å². The van der Waals surface area contributed by atoms with Crippen LogP contribution in [0.15, 0.2) is 18.3 Å². The second-order valence-corrected chi connectivity index (χ2v) is 6.82. The van der Waals surface area contributed by atoms with Crippen LogP contribution in [0.1, 0.15) is 56.9 Å². The first-order valence-corrected chi connectivity index (χ1v) is 10.0. The highest BCUT2D eigenvalue weighted by molar-refractivity contribution is 5.92. The Morgan fingerprint density at radius 3 is 2.37 bits per heavy atom. The smallest absolute Gasteiger partial charge is 0.409 e. The highest BCUT2D eigenvalue weighted by Crippen LogP contribution is 2.15. The summed E-state index contributed by atoms with van der Waals surface area (Å²) in [7, 11) is 0. The first kappa shape index (κ1) is 21.0. The second-order valence-electron chi connectivity index (χ2n) is 6.82. The molecule has 1 saturated heterocycles. The number of aromatic nitrogens is 1. The molecular formula is C20H32N4O3. The van der Waals surface area contributed by atoms with Crippen LogP contribution in [-0.2, 0) is 4.74 Å². The number of carbonyl (C=O) groups excluding carboxylic acids is 2. The Kier molecular flexibility index (Phi) is 8.36. The van der Waals surface area contributed by atoms with E-state index in [9.17, 15) is 9.59 Å². The van der Waals surface area contributed by atoms with Gasteiger partial charge in [0.25, 0.3) is 5.91 Å². The van der Waals surface area contributed by atoms with E-state index in [-0.39, 0.29) is 18.0 Å². The van der Waals surface area contributed by atoms with Crippen molar-refractivity contribution in [3.63, 3.8) is 0 Å². The van der Waals surface area contributed by atoms with Crippen LogP contribution in [0.4, 0.5) is 10.5 Å². The molecular weight excluding hydrogens is 344 g/mol. The van der Waals surface area contributed by atoms with Crippen LogP contribution in [-0.4, -0.2) is 60.7 Å². The molecule has 1 aliphatic rings. The van der Waals surface area contributed by atoms with Crippen molar-refractivity contribution in [2.45, 2.75) is 52.5 Å². The third-order valence-electron chi connectivity index (χ3n) is 4.69. The van der Waals surface area contributed by atoms with Crippen LogP contribution in [0.3, 0.4) is 0 Å². The monoisotopic (exact) mass is 376 g/mol. The average Bonchev–Trinajstić information content (AvgIpc) is 2.68. The maximum absolute atomic E-state index is 12.5. The van der Waals surface area contributed by atoms with Crippen molar-refractivity contribution >= 4 is 17.7 Å². The number of pyridine rings is 1. The highest BCUT2D eigenvalue weighted by atomic mass is 16.6. The number of hydrogen-bond acceptors (Lipinski definition) is 5. The van der Waals surface area contributed by atoms with E-state index in [1.807, 2.05) is 6.07 Å². The fourth-order valence-electron chi connectivity index (χ4n) is 3.30.